The van der Waals surface area contributed by atoms with Crippen molar-refractivity contribution < 1.29 is 19.1 Å². The minimum absolute atomic E-state index is 0.0863. The summed E-state index contributed by atoms with van der Waals surface area (Å²) in [5.41, 5.74) is 0.479. The monoisotopic (exact) mass is 362 g/mol. The Kier molecular flexibility index (Phi) is 4.83. The van der Waals surface area contributed by atoms with E-state index in [2.05, 4.69) is 20.8 Å². The number of hydrogen-bond acceptors (Lipinski definition) is 5. The zero-order valence-electron chi connectivity index (χ0n) is 14.4. The van der Waals surface area contributed by atoms with E-state index in [1.807, 2.05) is 6.92 Å². The van der Waals surface area contributed by atoms with Gasteiger partial charge in [-0.05, 0) is 47.9 Å². The number of benzene rings is 1. The minimum Gasteiger partial charge on any atom is -0.481 e. The van der Waals surface area contributed by atoms with E-state index in [0.29, 0.717) is 24.5 Å². The molecule has 1 saturated heterocycles. The molecule has 138 valence electrons. The molecule has 0 aliphatic carbocycles. The number of nitrogens with one attached hydrogen (secondary N) is 1. The van der Waals surface area contributed by atoms with Crippen LogP contribution in [0.5, 0.6) is 0 Å². The number of aliphatic carboxylic acids is 1. The number of likely N-dealkylation sites (tertiary alicyclic amines) is 1. The van der Waals surface area contributed by atoms with Crippen LogP contribution in [0.3, 0.4) is 0 Å². The van der Waals surface area contributed by atoms with Gasteiger partial charge in [0.25, 0.3) is 0 Å². The van der Waals surface area contributed by atoms with E-state index in [9.17, 15) is 19.1 Å². The fraction of sp³-hybridized carbons (Fsp3) is 0.438. The molecular formula is C16H19FN6O3. The van der Waals surface area contributed by atoms with Gasteiger partial charge >= 0.3 is 12.0 Å². The first-order valence-electron chi connectivity index (χ1n) is 8.18. The molecule has 9 nitrogen and oxygen atoms in total. The maximum atomic E-state index is 14.1. The predicted molar refractivity (Wildman–Crippen MR) is 89.3 cm³/mol. The predicted octanol–water partition coefficient (Wildman–Crippen LogP) is 1.68. The van der Waals surface area contributed by atoms with Crippen LogP contribution in [0.25, 0.3) is 5.69 Å². The number of anilines is 1. The van der Waals surface area contributed by atoms with Crippen molar-refractivity contribution >= 4 is 17.7 Å². The minimum atomic E-state index is -0.910. The standard InChI is InChI=1S/C16H19FN6O3/c1-9-5-11(15(24)25)8-22(7-9)16(26)18-12-3-4-13(17)14(6-12)23-10(2)19-20-21-23/h3-4,6,9,11H,5,7-8H2,1-2H3,(H,18,26)(H,24,25). The quantitative estimate of drug-likeness (QED) is 0.859. The van der Waals surface area contributed by atoms with Crippen LogP contribution in [-0.4, -0.2) is 55.3 Å². The summed E-state index contributed by atoms with van der Waals surface area (Å²) in [5.74, 6) is -1.54. The Labute approximate surface area is 148 Å². The normalized spacial score (nSPS) is 20.0. The third-order valence-electron chi connectivity index (χ3n) is 4.35. The average molecular weight is 362 g/mol. The molecule has 1 aromatic heterocycles. The van der Waals surface area contributed by atoms with Crippen LogP contribution in [0, 0.1) is 24.6 Å². The maximum absolute atomic E-state index is 14.1. The Hall–Kier alpha value is -3.04. The molecule has 2 amide bonds. The summed E-state index contributed by atoms with van der Waals surface area (Å²) in [6.45, 7) is 4.15. The molecule has 0 bridgehead atoms. The lowest BCUT2D eigenvalue weighted by Crippen LogP contribution is -2.47. The Morgan fingerprint density at radius 1 is 1.35 bits per heavy atom. The fourth-order valence-electron chi connectivity index (χ4n) is 3.11. The number of carboxylic acids is 1. The molecule has 2 N–H and O–H groups in total. The van der Waals surface area contributed by atoms with Crippen LogP contribution in [0.4, 0.5) is 14.9 Å². The molecule has 10 heteroatoms. The number of piperidine rings is 1. The van der Waals surface area contributed by atoms with Gasteiger partial charge in [-0.2, -0.15) is 4.68 Å². The summed E-state index contributed by atoms with van der Waals surface area (Å²) >= 11 is 0. The third-order valence-corrected chi connectivity index (χ3v) is 4.35. The SMILES string of the molecule is Cc1nnnn1-c1cc(NC(=O)N2CC(C)CC(C(=O)O)C2)ccc1F. The van der Waals surface area contributed by atoms with Crippen molar-refractivity contribution in [2.24, 2.45) is 11.8 Å². The number of hydrogen-bond donors (Lipinski definition) is 2. The van der Waals surface area contributed by atoms with Crippen molar-refractivity contribution in [3.63, 3.8) is 0 Å². The molecule has 0 saturated carbocycles. The van der Waals surface area contributed by atoms with Gasteiger partial charge < -0.3 is 15.3 Å². The molecular weight excluding hydrogens is 343 g/mol. The Morgan fingerprint density at radius 3 is 2.77 bits per heavy atom. The molecule has 1 aromatic carbocycles. The zero-order valence-corrected chi connectivity index (χ0v) is 14.4. The van der Waals surface area contributed by atoms with E-state index in [0.717, 1.165) is 0 Å². The smallest absolute Gasteiger partial charge is 0.321 e. The first-order valence-corrected chi connectivity index (χ1v) is 8.18. The van der Waals surface area contributed by atoms with Crippen LogP contribution in [0.1, 0.15) is 19.2 Å². The summed E-state index contributed by atoms with van der Waals surface area (Å²) in [6, 6.07) is 3.65. The Balaban J connectivity index is 1.77. The van der Waals surface area contributed by atoms with Crippen molar-refractivity contribution in [3.05, 3.63) is 29.8 Å². The van der Waals surface area contributed by atoms with Crippen LogP contribution >= 0.6 is 0 Å². The van der Waals surface area contributed by atoms with Crippen LogP contribution in [0.2, 0.25) is 0 Å². The van der Waals surface area contributed by atoms with Gasteiger partial charge in [0.15, 0.2) is 5.82 Å². The van der Waals surface area contributed by atoms with E-state index < -0.39 is 23.7 Å². The van der Waals surface area contributed by atoms with Crippen LogP contribution in [0.15, 0.2) is 18.2 Å². The number of carbonyl (C=O) groups excluding carboxylic acids is 1. The molecule has 0 radical (unpaired) electrons. The van der Waals surface area contributed by atoms with Crippen LogP contribution < -0.4 is 5.32 Å². The van der Waals surface area contributed by atoms with Crippen molar-refractivity contribution in [1.29, 1.82) is 0 Å². The second-order valence-corrected chi connectivity index (χ2v) is 6.52. The molecule has 2 unspecified atom stereocenters. The molecule has 1 aliphatic heterocycles. The number of carboxylic acid groups (broad SMARTS) is 1. The number of aryl methyl sites for hydroxylation is 1. The largest absolute Gasteiger partial charge is 0.481 e. The molecule has 2 aromatic rings. The van der Waals surface area contributed by atoms with E-state index in [4.69, 9.17) is 0 Å². The number of urea groups is 1. The molecule has 0 spiro atoms. The van der Waals surface area contributed by atoms with E-state index in [1.165, 1.54) is 27.8 Å². The van der Waals surface area contributed by atoms with Gasteiger partial charge in [-0.1, -0.05) is 6.92 Å². The average Bonchev–Trinajstić information content (AvgIpc) is 3.01. The number of aromatic nitrogens is 4. The van der Waals surface area contributed by atoms with Crippen LogP contribution in [-0.2, 0) is 4.79 Å². The summed E-state index contributed by atoms with van der Waals surface area (Å²) in [5, 5.41) is 22.8. The Morgan fingerprint density at radius 2 is 2.12 bits per heavy atom. The lowest BCUT2D eigenvalue weighted by Gasteiger charge is -2.34. The first kappa shape index (κ1) is 17.8. The van der Waals surface area contributed by atoms with Gasteiger partial charge in [-0.3, -0.25) is 4.79 Å². The molecule has 1 fully saturated rings. The lowest BCUT2D eigenvalue weighted by atomic mass is 9.91. The van der Waals surface area contributed by atoms with Gasteiger partial charge in [0.1, 0.15) is 11.5 Å². The van der Waals surface area contributed by atoms with Crippen molar-refractivity contribution in [1.82, 2.24) is 25.1 Å². The number of carbonyl (C=O) groups is 2. The summed E-state index contributed by atoms with van der Waals surface area (Å²) < 4.78 is 15.3. The lowest BCUT2D eigenvalue weighted by molar-refractivity contribution is -0.143. The number of nitrogens with zero attached hydrogens (tertiary/aromatic N) is 5. The number of amides is 2. The molecule has 3 rings (SSSR count). The van der Waals surface area contributed by atoms with Gasteiger partial charge in [0, 0.05) is 18.8 Å². The highest BCUT2D eigenvalue weighted by Gasteiger charge is 2.32. The number of rotatable bonds is 3. The summed E-state index contributed by atoms with van der Waals surface area (Å²) in [4.78, 5) is 25.2. The second kappa shape index (κ2) is 7.06. The van der Waals surface area contributed by atoms with Gasteiger partial charge in [-0.25, -0.2) is 9.18 Å². The van der Waals surface area contributed by atoms with Crippen molar-refractivity contribution in [2.45, 2.75) is 20.3 Å². The zero-order chi connectivity index (χ0) is 18.8. The highest BCUT2D eigenvalue weighted by Crippen LogP contribution is 2.24. The summed E-state index contributed by atoms with van der Waals surface area (Å²) in [6.07, 6.45) is 0.540. The molecule has 1 aliphatic rings. The topological polar surface area (TPSA) is 113 Å². The molecule has 26 heavy (non-hydrogen) atoms. The molecule has 2 atom stereocenters. The van der Waals surface area contributed by atoms with E-state index in [-0.39, 0.29) is 18.2 Å². The maximum Gasteiger partial charge on any atom is 0.321 e. The van der Waals surface area contributed by atoms with Crippen molar-refractivity contribution in [2.75, 3.05) is 18.4 Å². The van der Waals surface area contributed by atoms with E-state index >= 15 is 0 Å². The molecule has 2 heterocycles. The van der Waals surface area contributed by atoms with Gasteiger partial charge in [0.05, 0.1) is 5.92 Å². The van der Waals surface area contributed by atoms with Gasteiger partial charge in [-0.15, -0.1) is 5.10 Å². The highest BCUT2D eigenvalue weighted by molar-refractivity contribution is 5.90. The van der Waals surface area contributed by atoms with Crippen molar-refractivity contribution in [3.8, 4) is 5.69 Å². The van der Waals surface area contributed by atoms with Gasteiger partial charge in [0.2, 0.25) is 0 Å². The second-order valence-electron chi connectivity index (χ2n) is 6.52. The number of halogens is 1. The van der Waals surface area contributed by atoms with E-state index in [1.54, 1.807) is 6.92 Å². The first-order chi connectivity index (χ1) is 12.3. The highest BCUT2D eigenvalue weighted by atomic mass is 19.1. The third kappa shape index (κ3) is 3.63. The summed E-state index contributed by atoms with van der Waals surface area (Å²) in [7, 11) is 0. The fourth-order valence-corrected chi connectivity index (χ4v) is 3.11. The Bertz CT molecular complexity index is 839. The number of tetrazole rings is 1.